The van der Waals surface area contributed by atoms with Crippen molar-refractivity contribution in [2.45, 2.75) is 5.92 Å². The summed E-state index contributed by atoms with van der Waals surface area (Å²) in [6.45, 7) is 1.55. The number of nitro benzene ring substituents is 1. The summed E-state index contributed by atoms with van der Waals surface area (Å²) in [4.78, 5) is 38.9. The van der Waals surface area contributed by atoms with E-state index in [1.807, 2.05) is 0 Å². The first-order valence-electron chi connectivity index (χ1n) is 9.40. The molecule has 1 aliphatic heterocycles. The van der Waals surface area contributed by atoms with Gasteiger partial charge in [-0.05, 0) is 6.07 Å². The minimum absolute atomic E-state index is 0.0613. The van der Waals surface area contributed by atoms with Crippen LogP contribution in [0.1, 0.15) is 11.5 Å². The highest BCUT2D eigenvalue weighted by Gasteiger charge is 2.34. The molecule has 1 saturated heterocycles. The molecule has 0 amide bonds. The lowest BCUT2D eigenvalue weighted by molar-refractivity contribution is -0.384. The van der Waals surface area contributed by atoms with Crippen LogP contribution in [0.3, 0.4) is 0 Å². The Hall–Kier alpha value is -3.02. The number of non-ortho nitro benzene ring substituents is 1. The minimum Gasteiger partial charge on any atom is -0.462 e. The summed E-state index contributed by atoms with van der Waals surface area (Å²) >= 11 is 0. The van der Waals surface area contributed by atoms with Crippen LogP contribution in [0.15, 0.2) is 24.4 Å². The molecule has 3 rings (SSSR count). The van der Waals surface area contributed by atoms with Gasteiger partial charge >= 0.3 is 11.9 Å². The van der Waals surface area contributed by atoms with E-state index in [1.54, 1.807) is 0 Å². The van der Waals surface area contributed by atoms with Gasteiger partial charge in [-0.25, -0.2) is 0 Å². The van der Waals surface area contributed by atoms with E-state index in [9.17, 15) is 19.7 Å². The summed E-state index contributed by atoms with van der Waals surface area (Å²) in [6.07, 6.45) is 1.45. The van der Waals surface area contributed by atoms with Crippen LogP contribution in [0.4, 0.5) is 5.69 Å². The largest absolute Gasteiger partial charge is 0.462 e. The van der Waals surface area contributed by atoms with Gasteiger partial charge in [-0.3, -0.25) is 19.7 Å². The van der Waals surface area contributed by atoms with Crippen molar-refractivity contribution < 1.29 is 38.2 Å². The molecule has 2 aromatic rings. The molecule has 0 radical (unpaired) electrons. The predicted octanol–water partition coefficient (Wildman–Crippen LogP) is 1.31. The molecule has 2 heterocycles. The fourth-order valence-corrected chi connectivity index (χ4v) is 2.94. The molecule has 1 aromatic heterocycles. The van der Waals surface area contributed by atoms with Crippen molar-refractivity contribution in [3.63, 3.8) is 0 Å². The topological polar surface area (TPSA) is 139 Å². The van der Waals surface area contributed by atoms with E-state index in [1.165, 1.54) is 24.4 Å². The van der Waals surface area contributed by atoms with E-state index in [-0.39, 0.29) is 37.7 Å². The van der Waals surface area contributed by atoms with E-state index in [0.29, 0.717) is 37.3 Å². The van der Waals surface area contributed by atoms with Crippen molar-refractivity contribution >= 4 is 28.5 Å². The lowest BCUT2D eigenvalue weighted by atomic mass is 9.98. The Bertz CT molecular complexity index is 869. The Morgan fingerprint density at radius 1 is 0.867 bits per heavy atom. The summed E-state index contributed by atoms with van der Waals surface area (Å²) < 4.78 is 26.3. The van der Waals surface area contributed by atoms with E-state index in [4.69, 9.17) is 23.7 Å². The molecule has 1 fully saturated rings. The summed E-state index contributed by atoms with van der Waals surface area (Å²) in [6, 6.07) is 4.14. The molecule has 0 unspecified atom stereocenters. The number of rotatable bonds is 2. The van der Waals surface area contributed by atoms with Crippen LogP contribution in [0, 0.1) is 10.1 Å². The molecule has 1 N–H and O–H groups in total. The number of carbonyl (C=O) groups is 2. The first kappa shape index (κ1) is 21.7. The van der Waals surface area contributed by atoms with Gasteiger partial charge in [0.15, 0.2) is 5.92 Å². The fourth-order valence-electron chi connectivity index (χ4n) is 2.94. The third kappa shape index (κ3) is 5.53. The Morgan fingerprint density at radius 2 is 1.40 bits per heavy atom. The Kier molecular flexibility index (Phi) is 7.71. The number of cyclic esters (lactones) is 2. The molecular weight excluding hydrogens is 400 g/mol. The summed E-state index contributed by atoms with van der Waals surface area (Å²) in [5.74, 6) is -3.07. The highest BCUT2D eigenvalue weighted by Crippen LogP contribution is 2.30. The van der Waals surface area contributed by atoms with E-state index in [0.717, 1.165) is 0 Å². The normalized spacial score (nSPS) is 18.7. The Balaban J connectivity index is 1.84. The second-order valence-electron chi connectivity index (χ2n) is 6.34. The van der Waals surface area contributed by atoms with E-state index >= 15 is 0 Å². The lowest BCUT2D eigenvalue weighted by Gasteiger charge is -2.16. The standard InChI is InChI=1S/C19H22N2O9/c22-18-17(15-12-20-16-2-1-13(21(24)25)11-14(15)16)19(23)30-10-8-28-6-4-26-3-5-27-7-9-29-18/h1-2,11-12,17,20H,3-10H2. The van der Waals surface area contributed by atoms with Crippen LogP contribution in [-0.2, 0) is 33.3 Å². The molecule has 11 heteroatoms. The van der Waals surface area contributed by atoms with Crippen LogP contribution in [0.5, 0.6) is 0 Å². The number of fused-ring (bicyclic) bond motifs is 1. The quantitative estimate of drug-likeness (QED) is 0.328. The number of H-pyrrole nitrogens is 1. The second kappa shape index (κ2) is 10.7. The van der Waals surface area contributed by atoms with Crippen LogP contribution in [-0.4, -0.2) is 74.7 Å². The van der Waals surface area contributed by atoms with Gasteiger partial charge in [0.05, 0.1) is 44.6 Å². The van der Waals surface area contributed by atoms with Crippen LogP contribution >= 0.6 is 0 Å². The van der Waals surface area contributed by atoms with Crippen molar-refractivity contribution in [1.29, 1.82) is 0 Å². The smallest absolute Gasteiger partial charge is 0.325 e. The first-order valence-corrected chi connectivity index (χ1v) is 9.40. The molecule has 1 aliphatic rings. The average Bonchev–Trinajstić information content (AvgIpc) is 3.13. The van der Waals surface area contributed by atoms with Crippen LogP contribution in [0.25, 0.3) is 10.9 Å². The maximum Gasteiger partial charge on any atom is 0.325 e. The molecule has 0 atom stereocenters. The molecule has 0 saturated carbocycles. The highest BCUT2D eigenvalue weighted by molar-refractivity contribution is 6.05. The molecule has 0 aliphatic carbocycles. The van der Waals surface area contributed by atoms with Gasteiger partial charge in [0, 0.05) is 34.8 Å². The molecule has 11 nitrogen and oxygen atoms in total. The van der Waals surface area contributed by atoms with E-state index < -0.39 is 22.8 Å². The molecule has 0 bridgehead atoms. The third-order valence-electron chi connectivity index (χ3n) is 4.38. The van der Waals surface area contributed by atoms with Gasteiger partial charge in [-0.2, -0.15) is 0 Å². The van der Waals surface area contributed by atoms with Gasteiger partial charge in [-0.1, -0.05) is 0 Å². The zero-order chi connectivity index (χ0) is 21.3. The summed E-state index contributed by atoms with van der Waals surface area (Å²) in [7, 11) is 0. The molecule has 30 heavy (non-hydrogen) atoms. The maximum absolute atomic E-state index is 12.7. The fraction of sp³-hybridized carbons (Fsp3) is 0.474. The number of hydrogen-bond donors (Lipinski definition) is 1. The second-order valence-corrected chi connectivity index (χ2v) is 6.34. The van der Waals surface area contributed by atoms with Gasteiger partial charge < -0.3 is 28.7 Å². The van der Waals surface area contributed by atoms with Crippen LogP contribution in [0.2, 0.25) is 0 Å². The monoisotopic (exact) mass is 422 g/mol. The Morgan fingerprint density at radius 3 is 1.93 bits per heavy atom. The number of aromatic nitrogens is 1. The van der Waals surface area contributed by atoms with Crippen molar-refractivity contribution in [3.8, 4) is 0 Å². The molecule has 1 aromatic carbocycles. The number of hydrogen-bond acceptors (Lipinski definition) is 9. The van der Waals surface area contributed by atoms with Crippen molar-refractivity contribution in [1.82, 2.24) is 4.98 Å². The Labute approximate surface area is 171 Å². The van der Waals surface area contributed by atoms with Crippen molar-refractivity contribution in [2.75, 3.05) is 52.9 Å². The number of benzene rings is 1. The summed E-state index contributed by atoms with van der Waals surface area (Å²) in [5, 5.41) is 11.5. The van der Waals surface area contributed by atoms with Crippen molar-refractivity contribution in [2.24, 2.45) is 0 Å². The van der Waals surface area contributed by atoms with Crippen LogP contribution < -0.4 is 0 Å². The van der Waals surface area contributed by atoms with E-state index in [2.05, 4.69) is 4.98 Å². The zero-order valence-electron chi connectivity index (χ0n) is 16.2. The number of nitrogens with zero attached hydrogens (tertiary/aromatic N) is 1. The lowest BCUT2D eigenvalue weighted by Crippen LogP contribution is -2.28. The third-order valence-corrected chi connectivity index (χ3v) is 4.38. The minimum atomic E-state index is -1.41. The zero-order valence-corrected chi connectivity index (χ0v) is 16.2. The number of ether oxygens (including phenoxy) is 5. The highest BCUT2D eigenvalue weighted by atomic mass is 16.6. The van der Waals surface area contributed by atoms with Crippen molar-refractivity contribution in [3.05, 3.63) is 40.1 Å². The number of nitro groups is 1. The SMILES string of the molecule is O=C1OCCOCCOCCOCCOC(=O)C1c1c[nH]c2ccc([N+](=O)[O-])cc12. The molecule has 0 spiro atoms. The van der Waals surface area contributed by atoms with Gasteiger partial charge in [0.2, 0.25) is 0 Å². The molecule has 162 valence electrons. The van der Waals surface area contributed by atoms with Gasteiger partial charge in [0.1, 0.15) is 13.2 Å². The number of carbonyl (C=O) groups excluding carboxylic acids is 2. The summed E-state index contributed by atoms with van der Waals surface area (Å²) in [5.41, 5.74) is 0.609. The number of aromatic amines is 1. The maximum atomic E-state index is 12.7. The van der Waals surface area contributed by atoms with Gasteiger partial charge in [0.25, 0.3) is 5.69 Å². The van der Waals surface area contributed by atoms with Gasteiger partial charge in [-0.15, -0.1) is 0 Å². The first-order chi connectivity index (χ1) is 14.6. The number of esters is 2. The average molecular weight is 422 g/mol. The number of nitrogens with one attached hydrogen (secondary N) is 1. The predicted molar refractivity (Wildman–Crippen MR) is 102 cm³/mol. The molecular formula is C19H22N2O9.